The maximum atomic E-state index is 17.0. The minimum Gasteiger partial charge on any atom is -0.457 e. The van der Waals surface area contributed by atoms with E-state index in [1.54, 1.807) is 77.3 Å². The van der Waals surface area contributed by atoms with Crippen LogP contribution in [0.3, 0.4) is 0 Å². The van der Waals surface area contributed by atoms with Crippen molar-refractivity contribution in [2.75, 3.05) is 25.8 Å². The number of benzene rings is 2. The quantitative estimate of drug-likeness (QED) is 0.0199. The van der Waals surface area contributed by atoms with Crippen molar-refractivity contribution >= 4 is 54.0 Å². The fourth-order valence-corrected chi connectivity index (χ4v) is 12.4. The van der Waals surface area contributed by atoms with Crippen LogP contribution >= 0.6 is 19.1 Å². The van der Waals surface area contributed by atoms with Gasteiger partial charge in [-0.05, 0) is 96.7 Å². The van der Waals surface area contributed by atoms with Crippen LogP contribution in [0.4, 0.5) is 10.2 Å². The molecule has 2 aliphatic heterocycles. The SMILES string of the molecule is CCC(=O)N=C1[C@H](C)C[C@@](C)(O)[C@H](O[C@@H]2O[C@H](C)C[C@H](N(C)C)[C@H]2O)[C@@H](C)C(=O)[C@](C)(F)C(=O)O[C@H](CC)[C@@](C)(O)[C@H](OC/C(CC)=N\OCc2ccc(-c3nc(NP(=O)(OCc4ccccc4)OCc4ccccc4)cs3)cn2)[C@H]1C. The highest BCUT2D eigenvalue weighted by molar-refractivity contribution is 7.55. The average Bonchev–Trinajstić information content (AvgIpc) is 3.76. The van der Waals surface area contributed by atoms with Gasteiger partial charge in [-0.25, -0.2) is 23.7 Å². The van der Waals surface area contributed by atoms with E-state index < -0.39 is 103 Å². The number of aromatic nitrogens is 2. The topological polar surface area (TPSA) is 259 Å². The number of carbonyl (C=O) groups is 3. The number of esters is 1. The molecule has 0 radical (unpaired) electrons. The molecule has 2 saturated heterocycles. The first kappa shape index (κ1) is 65.9. The summed E-state index contributed by atoms with van der Waals surface area (Å²) in [6.07, 6.45) is -5.39. The molecule has 20 nitrogen and oxygen atoms in total. The van der Waals surface area contributed by atoms with Gasteiger partial charge < -0.3 is 44.0 Å². The van der Waals surface area contributed by atoms with Crippen molar-refractivity contribution in [3.05, 3.63) is 101 Å². The summed E-state index contributed by atoms with van der Waals surface area (Å²) in [5.41, 5.74) is -4.07. The Morgan fingerprint density at radius 1 is 0.902 bits per heavy atom. The van der Waals surface area contributed by atoms with Crippen LogP contribution in [0.1, 0.15) is 118 Å². The molecular formula is C59H82FN6O14PS. The lowest BCUT2D eigenvalue weighted by Crippen LogP contribution is -2.61. The second-order valence-corrected chi connectivity index (χ2v) is 24.7. The highest BCUT2D eigenvalue weighted by atomic mass is 32.1. The van der Waals surface area contributed by atoms with E-state index in [2.05, 4.69) is 25.2 Å². The molecule has 2 fully saturated rings. The number of thiazole rings is 1. The molecule has 4 N–H and O–H groups in total. The molecule has 2 aromatic heterocycles. The number of halogens is 1. The maximum absolute atomic E-state index is 17.0. The number of rotatable bonds is 21. The fourth-order valence-electron chi connectivity index (χ4n) is 10.4. The summed E-state index contributed by atoms with van der Waals surface area (Å²) in [5.74, 6) is -6.38. The van der Waals surface area contributed by atoms with Crippen molar-refractivity contribution in [2.45, 2.75) is 181 Å². The molecule has 2 aromatic carbocycles. The van der Waals surface area contributed by atoms with Gasteiger partial charge in [0.2, 0.25) is 5.91 Å². The van der Waals surface area contributed by atoms with Gasteiger partial charge in [0.25, 0.3) is 5.67 Å². The summed E-state index contributed by atoms with van der Waals surface area (Å²) in [5, 5.41) is 46.2. The molecule has 0 saturated carbocycles. The van der Waals surface area contributed by atoms with E-state index >= 15 is 4.39 Å². The third-order valence-electron chi connectivity index (χ3n) is 15.0. The lowest BCUT2D eigenvalue weighted by Gasteiger charge is -2.46. The van der Waals surface area contributed by atoms with Gasteiger partial charge in [0.15, 0.2) is 18.7 Å². The first-order valence-corrected chi connectivity index (χ1v) is 30.3. The number of amides is 1. The molecule has 2 aliphatic rings. The Labute approximate surface area is 484 Å². The smallest absolute Gasteiger partial charge is 0.434 e. The number of aliphatic hydroxyl groups excluding tert-OH is 1. The summed E-state index contributed by atoms with van der Waals surface area (Å²) < 4.78 is 67.6. The number of pyridine rings is 1. The summed E-state index contributed by atoms with van der Waals surface area (Å²) in [6, 6.07) is 21.8. The minimum atomic E-state index is -3.91. The number of anilines is 1. The van der Waals surface area contributed by atoms with Gasteiger partial charge in [-0.1, -0.05) is 107 Å². The summed E-state index contributed by atoms with van der Waals surface area (Å²) in [7, 11) is -0.344. The highest BCUT2D eigenvalue weighted by Crippen LogP contribution is 2.50. The molecule has 4 heterocycles. The number of ketones is 1. The van der Waals surface area contributed by atoms with Crippen molar-refractivity contribution in [1.82, 2.24) is 14.9 Å². The lowest BCUT2D eigenvalue weighted by atomic mass is 9.73. The predicted octanol–water partition coefficient (Wildman–Crippen LogP) is 9.45. The Balaban J connectivity index is 1.21. The number of Topliss-reactive ketones (excluding diaryl/α,β-unsaturated/α-hetero) is 1. The third kappa shape index (κ3) is 17.0. The number of alkyl halides is 1. The zero-order valence-electron chi connectivity index (χ0n) is 49.0. The van der Waals surface area contributed by atoms with Crippen LogP contribution in [-0.4, -0.2) is 140 Å². The van der Waals surface area contributed by atoms with Gasteiger partial charge in [-0.15, -0.1) is 11.3 Å². The standard InChI is InChI=1S/C59H82FN6O14PS/c1-13-43(64-75-34-44-27-26-42(30-61-44)54-62-47(35-82-54)65-81(73,76-31-40-22-18-16-19-23-40)77-32-41-24-20-17-21-25-41)33-74-53-38(6)49(63-48(67)15-3)36(4)29-57(8,71)52(80-55-50(68)45(66(11)12)28-37(5)78-55)39(7)51(69)58(9,60)56(70)79-46(14-2)59(53,10)72/h16-27,30,35-39,45-46,50,52-53,55,68,71-72H,13-15,28-29,31-34H2,1-12H3,(H,65,73)/b63-49?,64-43-/t36-,37-,38+,39+,45+,46-,50-,52-,53-,55+,57-,58+,59-/m1/s1. The van der Waals surface area contributed by atoms with E-state index in [0.717, 1.165) is 18.1 Å². The lowest BCUT2D eigenvalue weighted by molar-refractivity contribution is -0.293. The monoisotopic (exact) mass is 1180 g/mol. The molecule has 0 bridgehead atoms. The summed E-state index contributed by atoms with van der Waals surface area (Å²) in [6.45, 7) is 14.9. The Hall–Kier alpha value is -5.23. The average molecular weight is 1180 g/mol. The van der Waals surface area contributed by atoms with Gasteiger partial charge >= 0.3 is 13.7 Å². The minimum absolute atomic E-state index is 0.0114. The number of nitrogens with zero attached hydrogens (tertiary/aromatic N) is 5. The van der Waals surface area contributed by atoms with E-state index in [-0.39, 0.29) is 51.4 Å². The molecule has 13 atom stereocenters. The molecule has 82 heavy (non-hydrogen) atoms. The van der Waals surface area contributed by atoms with Crippen molar-refractivity contribution in [1.29, 1.82) is 0 Å². The Kier molecular flexibility index (Phi) is 23.3. The molecule has 450 valence electrons. The first-order valence-electron chi connectivity index (χ1n) is 27.8. The van der Waals surface area contributed by atoms with Crippen LogP contribution in [0.5, 0.6) is 0 Å². The zero-order chi connectivity index (χ0) is 60.2. The number of aliphatic hydroxyl groups is 3. The van der Waals surface area contributed by atoms with Gasteiger partial charge in [0, 0.05) is 47.2 Å². The molecule has 6 rings (SSSR count). The van der Waals surface area contributed by atoms with Gasteiger partial charge in [0.05, 0.1) is 55.1 Å². The Morgan fingerprint density at radius 2 is 1.54 bits per heavy atom. The molecule has 1 amide bonds. The summed E-state index contributed by atoms with van der Waals surface area (Å²) in [4.78, 5) is 63.0. The first-order chi connectivity index (χ1) is 38.7. The second kappa shape index (κ2) is 29.0. The van der Waals surface area contributed by atoms with E-state index in [4.69, 9.17) is 32.8 Å². The van der Waals surface area contributed by atoms with Gasteiger partial charge in [0.1, 0.15) is 28.6 Å². The fraction of sp³-hybridized carbons (Fsp3) is 0.576. The van der Waals surface area contributed by atoms with E-state index in [9.17, 15) is 34.3 Å². The van der Waals surface area contributed by atoms with Crippen LogP contribution in [-0.2, 0) is 71.6 Å². The second-order valence-electron chi connectivity index (χ2n) is 22.1. The van der Waals surface area contributed by atoms with Crippen LogP contribution in [0.15, 0.2) is 94.5 Å². The molecule has 0 unspecified atom stereocenters. The summed E-state index contributed by atoms with van der Waals surface area (Å²) >= 11 is 1.30. The number of oxime groups is 1. The number of hydrogen-bond acceptors (Lipinski definition) is 19. The number of hydrogen-bond donors (Lipinski definition) is 4. The number of carbonyl (C=O) groups excluding carboxylic acids is 3. The largest absolute Gasteiger partial charge is 0.457 e. The van der Waals surface area contributed by atoms with Crippen molar-refractivity contribution < 1.29 is 71.5 Å². The van der Waals surface area contributed by atoms with Gasteiger partial charge in [-0.3, -0.25) is 28.7 Å². The van der Waals surface area contributed by atoms with Crippen LogP contribution < -0.4 is 5.09 Å². The number of ether oxygens (including phenoxy) is 4. The third-order valence-corrected chi connectivity index (χ3v) is 17.3. The number of nitrogens with one attached hydrogen (secondary N) is 1. The molecule has 23 heteroatoms. The number of cyclic esters (lactones) is 1. The molecule has 0 spiro atoms. The molecular weight excluding hydrogens is 1100 g/mol. The highest BCUT2D eigenvalue weighted by Gasteiger charge is 2.56. The Bertz CT molecular complexity index is 2790. The van der Waals surface area contributed by atoms with Crippen molar-refractivity contribution in [2.24, 2.45) is 27.9 Å². The van der Waals surface area contributed by atoms with Crippen LogP contribution in [0.2, 0.25) is 0 Å². The zero-order valence-corrected chi connectivity index (χ0v) is 50.7. The number of likely N-dealkylation sites (N-methyl/N-ethyl adjacent to an activating group) is 1. The maximum Gasteiger partial charge on any atom is 0.434 e. The van der Waals surface area contributed by atoms with E-state index in [1.165, 1.54) is 32.1 Å². The van der Waals surface area contributed by atoms with E-state index in [0.29, 0.717) is 40.6 Å². The van der Waals surface area contributed by atoms with Crippen LogP contribution in [0, 0.1) is 17.8 Å². The van der Waals surface area contributed by atoms with Crippen LogP contribution in [0.25, 0.3) is 10.6 Å². The molecule has 0 aliphatic carbocycles. The Morgan fingerprint density at radius 3 is 2.10 bits per heavy atom. The number of aliphatic imine (C=N–C) groups is 1. The normalized spacial score (nSPS) is 30.5. The van der Waals surface area contributed by atoms with Crippen molar-refractivity contribution in [3.63, 3.8) is 0 Å². The van der Waals surface area contributed by atoms with Gasteiger partial charge in [-0.2, -0.15) is 0 Å². The van der Waals surface area contributed by atoms with E-state index in [1.807, 2.05) is 67.6 Å². The molecule has 4 aromatic rings. The predicted molar refractivity (Wildman–Crippen MR) is 309 cm³/mol. The van der Waals surface area contributed by atoms with Crippen molar-refractivity contribution in [3.8, 4) is 10.6 Å².